The lowest BCUT2D eigenvalue weighted by atomic mass is 10.2. The van der Waals surface area contributed by atoms with E-state index in [1.54, 1.807) is 11.3 Å². The molecule has 2 rings (SSSR count). The molecule has 0 bridgehead atoms. The van der Waals surface area contributed by atoms with Crippen molar-refractivity contribution in [3.63, 3.8) is 0 Å². The number of thiazole rings is 1. The fourth-order valence-corrected chi connectivity index (χ4v) is 2.79. The Morgan fingerprint density at radius 3 is 3.05 bits per heavy atom. The number of aromatic nitrogens is 1. The summed E-state index contributed by atoms with van der Waals surface area (Å²) in [6, 6.07) is 6.18. The van der Waals surface area contributed by atoms with E-state index in [9.17, 15) is 4.79 Å². The summed E-state index contributed by atoms with van der Waals surface area (Å²) in [6.45, 7) is 5.06. The number of hydrogen-bond acceptors (Lipinski definition) is 5. The average Bonchev–Trinajstić information content (AvgIpc) is 2.79. The topological polar surface area (TPSA) is 51.2 Å². The first kappa shape index (κ1) is 13.8. The Kier molecular flexibility index (Phi) is 4.74. The molecule has 5 heteroatoms. The maximum Gasteiger partial charge on any atom is 0.305 e. The maximum atomic E-state index is 11.2. The van der Waals surface area contributed by atoms with Crippen molar-refractivity contribution in [2.45, 2.75) is 26.7 Å². The van der Waals surface area contributed by atoms with Crippen molar-refractivity contribution in [2.24, 2.45) is 0 Å². The SMILES string of the molecule is CCOC(=O)CCCNc1nc2c(C)cccc2s1. The van der Waals surface area contributed by atoms with Gasteiger partial charge in [0.05, 0.1) is 16.8 Å². The number of nitrogens with one attached hydrogen (secondary N) is 1. The van der Waals surface area contributed by atoms with Gasteiger partial charge in [-0.2, -0.15) is 0 Å². The van der Waals surface area contributed by atoms with Gasteiger partial charge in [-0.1, -0.05) is 23.5 Å². The third-order valence-corrected chi connectivity index (χ3v) is 3.74. The molecule has 102 valence electrons. The van der Waals surface area contributed by atoms with Gasteiger partial charge in [0.1, 0.15) is 0 Å². The number of esters is 1. The number of rotatable bonds is 6. The van der Waals surface area contributed by atoms with Gasteiger partial charge in [0.15, 0.2) is 5.13 Å². The molecule has 4 nitrogen and oxygen atoms in total. The van der Waals surface area contributed by atoms with Gasteiger partial charge < -0.3 is 10.1 Å². The van der Waals surface area contributed by atoms with Crippen molar-refractivity contribution in [3.8, 4) is 0 Å². The Morgan fingerprint density at radius 1 is 1.47 bits per heavy atom. The summed E-state index contributed by atoms with van der Waals surface area (Å²) in [7, 11) is 0. The van der Waals surface area contributed by atoms with Crippen molar-refractivity contribution < 1.29 is 9.53 Å². The van der Waals surface area contributed by atoms with Gasteiger partial charge in [-0.25, -0.2) is 4.98 Å². The van der Waals surface area contributed by atoms with Crippen molar-refractivity contribution in [1.29, 1.82) is 0 Å². The summed E-state index contributed by atoms with van der Waals surface area (Å²) in [6.07, 6.45) is 1.21. The number of carbonyl (C=O) groups excluding carboxylic acids is 1. The Balaban J connectivity index is 1.85. The number of ether oxygens (including phenoxy) is 1. The van der Waals surface area contributed by atoms with E-state index in [0.717, 1.165) is 23.6 Å². The van der Waals surface area contributed by atoms with Crippen LogP contribution >= 0.6 is 11.3 Å². The van der Waals surface area contributed by atoms with Crippen molar-refractivity contribution >= 4 is 32.7 Å². The second-order valence-corrected chi connectivity index (χ2v) is 5.31. The predicted molar refractivity (Wildman–Crippen MR) is 78.7 cm³/mol. The summed E-state index contributed by atoms with van der Waals surface area (Å²) >= 11 is 1.64. The second kappa shape index (κ2) is 6.52. The van der Waals surface area contributed by atoms with Crippen LogP contribution in [-0.2, 0) is 9.53 Å². The van der Waals surface area contributed by atoms with Crippen LogP contribution in [0.2, 0.25) is 0 Å². The minimum Gasteiger partial charge on any atom is -0.466 e. The second-order valence-electron chi connectivity index (χ2n) is 4.28. The zero-order valence-electron chi connectivity index (χ0n) is 11.2. The summed E-state index contributed by atoms with van der Waals surface area (Å²) in [4.78, 5) is 15.7. The normalized spacial score (nSPS) is 10.6. The lowest BCUT2D eigenvalue weighted by Crippen LogP contribution is -2.08. The number of anilines is 1. The lowest BCUT2D eigenvalue weighted by Gasteiger charge is -2.02. The molecule has 0 atom stereocenters. The van der Waals surface area contributed by atoms with Gasteiger partial charge in [0, 0.05) is 13.0 Å². The van der Waals surface area contributed by atoms with Crippen molar-refractivity contribution in [2.75, 3.05) is 18.5 Å². The molecule has 0 unspecified atom stereocenters. The third-order valence-electron chi connectivity index (χ3n) is 2.76. The number of aryl methyl sites for hydroxylation is 1. The smallest absolute Gasteiger partial charge is 0.305 e. The van der Waals surface area contributed by atoms with Gasteiger partial charge in [-0.15, -0.1) is 0 Å². The molecule has 2 aromatic rings. The number of carbonyl (C=O) groups is 1. The number of fused-ring (bicyclic) bond motifs is 1. The first-order chi connectivity index (χ1) is 9.20. The molecule has 0 saturated heterocycles. The molecule has 0 aliphatic rings. The van der Waals surface area contributed by atoms with Crippen LogP contribution in [0.25, 0.3) is 10.2 Å². The van der Waals surface area contributed by atoms with Crippen molar-refractivity contribution in [1.82, 2.24) is 4.98 Å². The highest BCUT2D eigenvalue weighted by atomic mass is 32.1. The van der Waals surface area contributed by atoms with E-state index in [2.05, 4.69) is 29.4 Å². The lowest BCUT2D eigenvalue weighted by molar-refractivity contribution is -0.143. The molecular formula is C14H18N2O2S. The Hall–Kier alpha value is -1.62. The minimum atomic E-state index is -0.135. The first-order valence-corrected chi connectivity index (χ1v) is 7.28. The summed E-state index contributed by atoms with van der Waals surface area (Å²) in [5, 5.41) is 4.17. The summed E-state index contributed by atoms with van der Waals surface area (Å²) < 4.78 is 6.07. The molecule has 1 heterocycles. The number of hydrogen-bond donors (Lipinski definition) is 1. The van der Waals surface area contributed by atoms with Gasteiger partial charge in [0.2, 0.25) is 0 Å². The van der Waals surface area contributed by atoms with E-state index < -0.39 is 0 Å². The molecule has 19 heavy (non-hydrogen) atoms. The van der Waals surface area contributed by atoms with Crippen LogP contribution in [0, 0.1) is 6.92 Å². The van der Waals surface area contributed by atoms with Gasteiger partial charge in [-0.3, -0.25) is 4.79 Å². The Morgan fingerprint density at radius 2 is 2.32 bits per heavy atom. The van der Waals surface area contributed by atoms with Crippen LogP contribution in [0.1, 0.15) is 25.3 Å². The number of para-hydroxylation sites is 1. The highest BCUT2D eigenvalue weighted by Crippen LogP contribution is 2.27. The van der Waals surface area contributed by atoms with Gasteiger partial charge >= 0.3 is 5.97 Å². The van der Waals surface area contributed by atoms with Crippen LogP contribution in [0.4, 0.5) is 5.13 Å². The molecule has 0 amide bonds. The molecule has 1 aromatic heterocycles. The van der Waals surface area contributed by atoms with Crippen molar-refractivity contribution in [3.05, 3.63) is 23.8 Å². The third kappa shape index (κ3) is 3.67. The molecule has 0 aliphatic carbocycles. The van der Waals surface area contributed by atoms with Gasteiger partial charge in [-0.05, 0) is 31.9 Å². The molecule has 0 fully saturated rings. The maximum absolute atomic E-state index is 11.2. The molecule has 1 aromatic carbocycles. The first-order valence-electron chi connectivity index (χ1n) is 6.46. The Labute approximate surface area is 116 Å². The largest absolute Gasteiger partial charge is 0.466 e. The fourth-order valence-electron chi connectivity index (χ4n) is 1.82. The number of benzene rings is 1. The van der Waals surface area contributed by atoms with Crippen LogP contribution < -0.4 is 5.32 Å². The van der Waals surface area contributed by atoms with E-state index in [1.807, 2.05) is 13.0 Å². The van der Waals surface area contributed by atoms with Crippen LogP contribution in [0.3, 0.4) is 0 Å². The van der Waals surface area contributed by atoms with Gasteiger partial charge in [0.25, 0.3) is 0 Å². The van der Waals surface area contributed by atoms with E-state index in [4.69, 9.17) is 4.74 Å². The van der Waals surface area contributed by atoms with Crippen LogP contribution in [-0.4, -0.2) is 24.1 Å². The zero-order chi connectivity index (χ0) is 13.7. The van der Waals surface area contributed by atoms with E-state index in [0.29, 0.717) is 13.0 Å². The highest BCUT2D eigenvalue weighted by molar-refractivity contribution is 7.22. The highest BCUT2D eigenvalue weighted by Gasteiger charge is 2.05. The van der Waals surface area contributed by atoms with Crippen LogP contribution in [0.15, 0.2) is 18.2 Å². The predicted octanol–water partition coefficient (Wildman–Crippen LogP) is 3.36. The van der Waals surface area contributed by atoms with E-state index >= 15 is 0 Å². The average molecular weight is 278 g/mol. The molecule has 0 saturated carbocycles. The molecule has 1 N–H and O–H groups in total. The minimum absolute atomic E-state index is 0.135. The van der Waals surface area contributed by atoms with E-state index in [1.165, 1.54) is 10.3 Å². The molecule has 0 aliphatic heterocycles. The zero-order valence-corrected chi connectivity index (χ0v) is 12.0. The standard InChI is InChI=1S/C14H18N2O2S/c1-3-18-12(17)8-5-9-15-14-16-13-10(2)6-4-7-11(13)19-14/h4,6-7H,3,5,8-9H2,1-2H3,(H,15,16). The number of nitrogens with zero attached hydrogens (tertiary/aromatic N) is 1. The fraction of sp³-hybridized carbons (Fsp3) is 0.429. The monoisotopic (exact) mass is 278 g/mol. The molecular weight excluding hydrogens is 260 g/mol. The van der Waals surface area contributed by atoms with E-state index in [-0.39, 0.29) is 5.97 Å². The molecule has 0 spiro atoms. The summed E-state index contributed by atoms with van der Waals surface area (Å²) in [5.41, 5.74) is 2.24. The Bertz CT molecular complexity index is 566. The molecule has 0 radical (unpaired) electrons. The van der Waals surface area contributed by atoms with Crippen LogP contribution in [0.5, 0.6) is 0 Å². The quantitative estimate of drug-likeness (QED) is 0.650. The summed E-state index contributed by atoms with van der Waals surface area (Å²) in [5.74, 6) is -0.135.